The van der Waals surface area contributed by atoms with E-state index in [-0.39, 0.29) is 23.1 Å². The standard InChI is InChI=1S/C22H26FN5O3/c1-12-17(13(2)28(3)27-12)20(30)26-22(9-4-5-10-22)21(31)25-16-7-6-15-14(18(16)23)8-11-24-19(15)29/h6-7H,4-5,8-11H2,1-3H3,(H,24,29)(H,25,31)(H,26,30). The van der Waals surface area contributed by atoms with E-state index in [1.807, 2.05) is 0 Å². The molecule has 2 aromatic rings. The Morgan fingerprint density at radius 3 is 2.58 bits per heavy atom. The predicted molar refractivity (Wildman–Crippen MR) is 112 cm³/mol. The summed E-state index contributed by atoms with van der Waals surface area (Å²) in [6.45, 7) is 3.90. The summed E-state index contributed by atoms with van der Waals surface area (Å²) in [4.78, 5) is 38.2. The fourth-order valence-electron chi connectivity index (χ4n) is 4.58. The maximum Gasteiger partial charge on any atom is 0.255 e. The first-order chi connectivity index (χ1) is 14.7. The number of rotatable bonds is 4. The van der Waals surface area contributed by atoms with Crippen LogP contribution in [0, 0.1) is 19.7 Å². The monoisotopic (exact) mass is 427 g/mol. The van der Waals surface area contributed by atoms with Gasteiger partial charge in [0.2, 0.25) is 5.91 Å². The van der Waals surface area contributed by atoms with Crippen LogP contribution in [-0.2, 0) is 18.3 Å². The lowest BCUT2D eigenvalue weighted by Crippen LogP contribution is -2.55. The molecule has 0 unspecified atom stereocenters. The fourth-order valence-corrected chi connectivity index (χ4v) is 4.58. The van der Waals surface area contributed by atoms with Gasteiger partial charge in [0.15, 0.2) is 5.82 Å². The van der Waals surface area contributed by atoms with Gasteiger partial charge in [0.05, 0.1) is 16.9 Å². The van der Waals surface area contributed by atoms with Crippen molar-refractivity contribution in [3.8, 4) is 0 Å². The van der Waals surface area contributed by atoms with E-state index in [0.717, 1.165) is 12.8 Å². The number of carbonyl (C=O) groups excluding carboxylic acids is 3. The Hall–Kier alpha value is -3.23. The second kappa shape index (κ2) is 7.79. The zero-order valence-corrected chi connectivity index (χ0v) is 17.9. The van der Waals surface area contributed by atoms with Gasteiger partial charge in [-0.3, -0.25) is 19.1 Å². The van der Waals surface area contributed by atoms with Gasteiger partial charge in [0.25, 0.3) is 11.8 Å². The van der Waals surface area contributed by atoms with Crippen molar-refractivity contribution in [2.24, 2.45) is 7.05 Å². The second-order valence-electron chi connectivity index (χ2n) is 8.33. The molecule has 3 amide bonds. The average Bonchev–Trinajstić information content (AvgIpc) is 3.29. The molecule has 1 saturated carbocycles. The summed E-state index contributed by atoms with van der Waals surface area (Å²) in [6, 6.07) is 2.92. The molecular formula is C22H26FN5O3. The number of nitrogens with one attached hydrogen (secondary N) is 3. The third kappa shape index (κ3) is 3.58. The van der Waals surface area contributed by atoms with Crippen LogP contribution in [0.15, 0.2) is 12.1 Å². The number of anilines is 1. The summed E-state index contributed by atoms with van der Waals surface area (Å²) in [5, 5.41) is 12.5. The van der Waals surface area contributed by atoms with Crippen molar-refractivity contribution in [1.82, 2.24) is 20.4 Å². The van der Waals surface area contributed by atoms with Crippen LogP contribution in [0.2, 0.25) is 0 Å². The molecule has 0 spiro atoms. The first-order valence-corrected chi connectivity index (χ1v) is 10.5. The first kappa shape index (κ1) is 21.0. The number of nitrogens with zero attached hydrogens (tertiary/aromatic N) is 2. The minimum absolute atomic E-state index is 0.0210. The summed E-state index contributed by atoms with van der Waals surface area (Å²) in [5.41, 5.74) is 1.24. The van der Waals surface area contributed by atoms with Crippen molar-refractivity contribution >= 4 is 23.4 Å². The van der Waals surface area contributed by atoms with Crippen LogP contribution in [0.25, 0.3) is 0 Å². The molecule has 0 atom stereocenters. The Morgan fingerprint density at radius 1 is 1.23 bits per heavy atom. The van der Waals surface area contributed by atoms with Gasteiger partial charge in [-0.05, 0) is 45.2 Å². The normalized spacial score (nSPS) is 17.1. The van der Waals surface area contributed by atoms with E-state index < -0.39 is 17.3 Å². The van der Waals surface area contributed by atoms with Gasteiger partial charge >= 0.3 is 0 Å². The van der Waals surface area contributed by atoms with Gasteiger partial charge in [-0.2, -0.15) is 5.10 Å². The van der Waals surface area contributed by atoms with E-state index >= 15 is 4.39 Å². The molecule has 1 aromatic heterocycles. The van der Waals surface area contributed by atoms with Gasteiger partial charge in [-0.25, -0.2) is 4.39 Å². The minimum Gasteiger partial charge on any atom is -0.352 e. The van der Waals surface area contributed by atoms with Crippen molar-refractivity contribution in [2.45, 2.75) is 51.5 Å². The topological polar surface area (TPSA) is 105 Å². The van der Waals surface area contributed by atoms with Crippen LogP contribution < -0.4 is 16.0 Å². The predicted octanol–water partition coefficient (Wildman–Crippen LogP) is 2.14. The first-order valence-electron chi connectivity index (χ1n) is 10.5. The molecule has 9 heteroatoms. The molecule has 1 aliphatic heterocycles. The van der Waals surface area contributed by atoms with E-state index in [1.54, 1.807) is 25.6 Å². The number of carbonyl (C=O) groups is 3. The Labute approximate surface area is 179 Å². The zero-order chi connectivity index (χ0) is 22.3. The van der Waals surface area contributed by atoms with Gasteiger partial charge in [0.1, 0.15) is 5.54 Å². The maximum absolute atomic E-state index is 15.0. The summed E-state index contributed by atoms with van der Waals surface area (Å²) < 4.78 is 16.7. The maximum atomic E-state index is 15.0. The lowest BCUT2D eigenvalue weighted by molar-refractivity contribution is -0.122. The molecule has 1 aliphatic carbocycles. The largest absolute Gasteiger partial charge is 0.352 e. The highest BCUT2D eigenvalue weighted by atomic mass is 19.1. The van der Waals surface area contributed by atoms with Crippen LogP contribution in [0.3, 0.4) is 0 Å². The summed E-state index contributed by atoms with van der Waals surface area (Å²) >= 11 is 0. The second-order valence-corrected chi connectivity index (χ2v) is 8.33. The SMILES string of the molecule is Cc1nn(C)c(C)c1C(=O)NC1(C(=O)Nc2ccc3c(c2F)CCNC3=O)CCCC1. The molecule has 0 radical (unpaired) electrons. The van der Waals surface area contributed by atoms with Crippen molar-refractivity contribution in [2.75, 3.05) is 11.9 Å². The fraction of sp³-hybridized carbons (Fsp3) is 0.455. The molecule has 0 saturated heterocycles. The molecule has 2 aliphatic rings. The smallest absolute Gasteiger partial charge is 0.255 e. The van der Waals surface area contributed by atoms with Gasteiger partial charge in [-0.1, -0.05) is 12.8 Å². The Kier molecular flexibility index (Phi) is 5.28. The number of aromatic nitrogens is 2. The Morgan fingerprint density at radius 2 is 1.94 bits per heavy atom. The molecule has 8 nitrogen and oxygen atoms in total. The van der Waals surface area contributed by atoms with Crippen LogP contribution in [-0.4, -0.2) is 39.6 Å². The third-order valence-corrected chi connectivity index (χ3v) is 6.38. The molecule has 0 bridgehead atoms. The number of hydrogen-bond donors (Lipinski definition) is 3. The molecule has 1 aromatic carbocycles. The van der Waals surface area contributed by atoms with E-state index in [4.69, 9.17) is 0 Å². The highest BCUT2D eigenvalue weighted by Gasteiger charge is 2.43. The number of amides is 3. The molecule has 31 heavy (non-hydrogen) atoms. The van der Waals surface area contributed by atoms with Gasteiger partial charge in [-0.15, -0.1) is 0 Å². The van der Waals surface area contributed by atoms with Crippen LogP contribution >= 0.6 is 0 Å². The van der Waals surface area contributed by atoms with Gasteiger partial charge < -0.3 is 16.0 Å². The number of aryl methyl sites for hydroxylation is 2. The number of hydrogen-bond acceptors (Lipinski definition) is 4. The molecular weight excluding hydrogens is 401 g/mol. The average molecular weight is 427 g/mol. The van der Waals surface area contributed by atoms with E-state index in [1.165, 1.54) is 12.1 Å². The van der Waals surface area contributed by atoms with Crippen molar-refractivity contribution in [1.29, 1.82) is 0 Å². The molecule has 164 valence electrons. The highest BCUT2D eigenvalue weighted by molar-refractivity contribution is 6.05. The number of fused-ring (bicyclic) bond motifs is 1. The Balaban J connectivity index is 1.60. The number of halogens is 1. The van der Waals surface area contributed by atoms with Crippen molar-refractivity contribution in [3.63, 3.8) is 0 Å². The lowest BCUT2D eigenvalue weighted by atomic mass is 9.94. The van der Waals surface area contributed by atoms with Crippen LogP contribution in [0.1, 0.15) is 63.4 Å². The molecule has 2 heterocycles. The zero-order valence-electron chi connectivity index (χ0n) is 17.9. The number of benzene rings is 1. The summed E-state index contributed by atoms with van der Waals surface area (Å²) in [5.74, 6) is -1.72. The van der Waals surface area contributed by atoms with Crippen molar-refractivity contribution < 1.29 is 18.8 Å². The van der Waals surface area contributed by atoms with E-state index in [9.17, 15) is 14.4 Å². The minimum atomic E-state index is -1.12. The summed E-state index contributed by atoms with van der Waals surface area (Å²) in [7, 11) is 1.76. The Bertz CT molecular complexity index is 1090. The molecule has 4 rings (SSSR count). The third-order valence-electron chi connectivity index (χ3n) is 6.38. The van der Waals surface area contributed by atoms with Crippen LogP contribution in [0.4, 0.5) is 10.1 Å². The summed E-state index contributed by atoms with van der Waals surface area (Å²) in [6.07, 6.45) is 2.87. The quantitative estimate of drug-likeness (QED) is 0.695. The van der Waals surface area contributed by atoms with Gasteiger partial charge in [0, 0.05) is 30.4 Å². The van der Waals surface area contributed by atoms with E-state index in [2.05, 4.69) is 21.0 Å². The van der Waals surface area contributed by atoms with E-state index in [0.29, 0.717) is 48.3 Å². The lowest BCUT2D eigenvalue weighted by Gasteiger charge is -2.29. The van der Waals surface area contributed by atoms with Crippen molar-refractivity contribution in [3.05, 3.63) is 46.0 Å². The van der Waals surface area contributed by atoms with Crippen LogP contribution in [0.5, 0.6) is 0 Å². The molecule has 3 N–H and O–H groups in total. The molecule has 1 fully saturated rings. The highest BCUT2D eigenvalue weighted by Crippen LogP contribution is 2.33.